The summed E-state index contributed by atoms with van der Waals surface area (Å²) in [4.78, 5) is 12.6. The minimum absolute atomic E-state index is 0.00611. The van der Waals surface area contributed by atoms with E-state index in [1.165, 1.54) is 12.0 Å². The van der Waals surface area contributed by atoms with E-state index in [1.54, 1.807) is 0 Å². The molecule has 1 saturated carbocycles. The van der Waals surface area contributed by atoms with Gasteiger partial charge in [0.1, 0.15) is 0 Å². The number of rotatable bonds is 3. The predicted octanol–water partition coefficient (Wildman–Crippen LogP) is 3.40. The first-order valence-corrected chi connectivity index (χ1v) is 7.78. The Hall–Kier alpha value is -1.35. The first-order valence-electron chi connectivity index (χ1n) is 7.78. The average molecular weight is 274 g/mol. The zero-order valence-electron chi connectivity index (χ0n) is 12.6. The van der Waals surface area contributed by atoms with E-state index < -0.39 is 0 Å². The Morgan fingerprint density at radius 1 is 1.30 bits per heavy atom. The van der Waals surface area contributed by atoms with Gasteiger partial charge in [0.15, 0.2) is 0 Å². The Bertz CT molecular complexity index is 470. The van der Waals surface area contributed by atoms with Gasteiger partial charge in [-0.1, -0.05) is 44.4 Å². The molecule has 3 heteroatoms. The van der Waals surface area contributed by atoms with Crippen molar-refractivity contribution in [2.24, 2.45) is 11.7 Å². The average Bonchev–Trinajstić information content (AvgIpc) is 2.65. The van der Waals surface area contributed by atoms with Gasteiger partial charge >= 0.3 is 0 Å². The molecule has 0 saturated heterocycles. The Labute approximate surface area is 121 Å². The van der Waals surface area contributed by atoms with Gasteiger partial charge in [0.25, 0.3) is 0 Å². The maximum atomic E-state index is 12.6. The largest absolute Gasteiger partial charge is 0.327 e. The summed E-state index contributed by atoms with van der Waals surface area (Å²) in [6.45, 7) is 4.16. The van der Waals surface area contributed by atoms with Crippen LogP contribution in [0.1, 0.15) is 50.2 Å². The number of aryl methyl sites for hydroxylation is 2. The number of anilines is 1. The van der Waals surface area contributed by atoms with E-state index in [9.17, 15) is 4.79 Å². The second-order valence-corrected chi connectivity index (χ2v) is 5.86. The molecule has 3 N–H and O–H groups in total. The number of nitrogens with two attached hydrogens (primary N) is 1. The van der Waals surface area contributed by atoms with Gasteiger partial charge < -0.3 is 11.1 Å². The van der Waals surface area contributed by atoms with Crippen molar-refractivity contribution in [2.45, 2.75) is 58.4 Å². The van der Waals surface area contributed by atoms with Crippen molar-refractivity contribution < 1.29 is 4.79 Å². The second kappa shape index (κ2) is 6.89. The monoisotopic (exact) mass is 274 g/mol. The third-order valence-corrected chi connectivity index (χ3v) is 4.39. The Morgan fingerprint density at radius 2 is 2.05 bits per heavy atom. The zero-order valence-corrected chi connectivity index (χ0v) is 12.6. The molecule has 20 heavy (non-hydrogen) atoms. The molecule has 1 aliphatic rings. The second-order valence-electron chi connectivity index (χ2n) is 5.86. The van der Waals surface area contributed by atoms with Crippen LogP contribution in [-0.4, -0.2) is 11.9 Å². The van der Waals surface area contributed by atoms with E-state index in [-0.39, 0.29) is 17.9 Å². The third kappa shape index (κ3) is 3.40. The smallest absolute Gasteiger partial charge is 0.229 e. The van der Waals surface area contributed by atoms with Crippen LogP contribution in [0.2, 0.25) is 0 Å². The molecule has 0 aromatic heterocycles. The fourth-order valence-electron chi connectivity index (χ4n) is 3.08. The van der Waals surface area contributed by atoms with E-state index in [0.29, 0.717) is 0 Å². The molecule has 3 nitrogen and oxygen atoms in total. The van der Waals surface area contributed by atoms with Gasteiger partial charge in [-0.2, -0.15) is 0 Å². The standard InChI is InChI=1S/C17H26N2O/c1-3-13-9-7-8-12(2)16(13)19-17(20)14-10-5-4-6-11-15(14)18/h7-9,14-15H,3-6,10-11,18H2,1-2H3,(H,19,20). The van der Waals surface area contributed by atoms with Crippen LogP contribution in [0.15, 0.2) is 18.2 Å². The fourth-order valence-corrected chi connectivity index (χ4v) is 3.08. The van der Waals surface area contributed by atoms with Gasteiger partial charge in [-0.05, 0) is 37.3 Å². The number of carbonyl (C=O) groups excluding carboxylic acids is 1. The Kier molecular flexibility index (Phi) is 5.18. The molecule has 0 radical (unpaired) electrons. The van der Waals surface area contributed by atoms with Crippen LogP contribution >= 0.6 is 0 Å². The van der Waals surface area contributed by atoms with Crippen LogP contribution < -0.4 is 11.1 Å². The molecule has 2 atom stereocenters. The molecule has 1 aromatic rings. The lowest BCUT2D eigenvalue weighted by Crippen LogP contribution is -2.38. The van der Waals surface area contributed by atoms with Crippen molar-refractivity contribution in [1.29, 1.82) is 0 Å². The van der Waals surface area contributed by atoms with Crippen LogP contribution in [0.4, 0.5) is 5.69 Å². The molecule has 110 valence electrons. The highest BCUT2D eigenvalue weighted by molar-refractivity contribution is 5.94. The molecule has 0 heterocycles. The lowest BCUT2D eigenvalue weighted by molar-refractivity contribution is -0.120. The molecule has 1 aromatic carbocycles. The summed E-state index contributed by atoms with van der Waals surface area (Å²) < 4.78 is 0. The quantitative estimate of drug-likeness (QED) is 0.830. The number of carbonyl (C=O) groups is 1. The highest BCUT2D eigenvalue weighted by atomic mass is 16.1. The normalized spacial score (nSPS) is 23.1. The summed E-state index contributed by atoms with van der Waals surface area (Å²) in [5.74, 6) is 0.0604. The number of nitrogens with one attached hydrogen (secondary N) is 1. The Morgan fingerprint density at radius 3 is 2.80 bits per heavy atom. The zero-order chi connectivity index (χ0) is 14.5. The summed E-state index contributed by atoms with van der Waals surface area (Å²) in [5, 5.41) is 3.14. The van der Waals surface area contributed by atoms with E-state index in [0.717, 1.165) is 43.4 Å². The summed E-state index contributed by atoms with van der Waals surface area (Å²) in [6, 6.07) is 6.17. The molecule has 1 fully saturated rings. The van der Waals surface area contributed by atoms with Crippen LogP contribution in [0.25, 0.3) is 0 Å². The van der Waals surface area contributed by atoms with Gasteiger partial charge in [-0.25, -0.2) is 0 Å². The molecule has 2 unspecified atom stereocenters. The molecule has 1 amide bonds. The van der Waals surface area contributed by atoms with E-state index in [1.807, 2.05) is 19.1 Å². The number of benzene rings is 1. The lowest BCUT2D eigenvalue weighted by atomic mass is 9.94. The topological polar surface area (TPSA) is 55.1 Å². The first kappa shape index (κ1) is 15.0. The SMILES string of the molecule is CCc1cccc(C)c1NC(=O)C1CCCCCC1N. The molecule has 0 aliphatic heterocycles. The minimum atomic E-state index is -0.0400. The van der Waals surface area contributed by atoms with Crippen LogP contribution in [0, 0.1) is 12.8 Å². The van der Waals surface area contributed by atoms with Gasteiger partial charge in [-0.15, -0.1) is 0 Å². The summed E-state index contributed by atoms with van der Waals surface area (Å²) in [6.07, 6.45) is 6.26. The van der Waals surface area contributed by atoms with E-state index >= 15 is 0 Å². The van der Waals surface area contributed by atoms with Gasteiger partial charge in [0.05, 0.1) is 5.92 Å². The van der Waals surface area contributed by atoms with Crippen LogP contribution in [0.3, 0.4) is 0 Å². The van der Waals surface area contributed by atoms with Gasteiger partial charge in [0.2, 0.25) is 5.91 Å². The number of para-hydroxylation sites is 1. The van der Waals surface area contributed by atoms with Gasteiger partial charge in [-0.3, -0.25) is 4.79 Å². The van der Waals surface area contributed by atoms with Crippen LogP contribution in [0.5, 0.6) is 0 Å². The minimum Gasteiger partial charge on any atom is -0.327 e. The van der Waals surface area contributed by atoms with Crippen molar-refractivity contribution in [3.05, 3.63) is 29.3 Å². The summed E-state index contributed by atoms with van der Waals surface area (Å²) in [5.41, 5.74) is 9.48. The van der Waals surface area contributed by atoms with Crippen molar-refractivity contribution in [3.63, 3.8) is 0 Å². The third-order valence-electron chi connectivity index (χ3n) is 4.39. The highest BCUT2D eigenvalue weighted by Crippen LogP contribution is 2.26. The first-order chi connectivity index (χ1) is 9.63. The van der Waals surface area contributed by atoms with Crippen molar-refractivity contribution >= 4 is 11.6 Å². The number of amides is 1. The van der Waals surface area contributed by atoms with Crippen molar-refractivity contribution in [2.75, 3.05) is 5.32 Å². The Balaban J connectivity index is 2.14. The van der Waals surface area contributed by atoms with Crippen LogP contribution in [-0.2, 0) is 11.2 Å². The molecule has 1 aliphatic carbocycles. The maximum Gasteiger partial charge on any atom is 0.229 e. The van der Waals surface area contributed by atoms with E-state index in [2.05, 4.69) is 18.3 Å². The van der Waals surface area contributed by atoms with E-state index in [4.69, 9.17) is 5.73 Å². The predicted molar refractivity (Wildman–Crippen MR) is 83.7 cm³/mol. The lowest BCUT2D eigenvalue weighted by Gasteiger charge is -2.22. The fraction of sp³-hybridized carbons (Fsp3) is 0.588. The summed E-state index contributed by atoms with van der Waals surface area (Å²) >= 11 is 0. The molecular weight excluding hydrogens is 248 g/mol. The maximum absolute atomic E-state index is 12.6. The number of hydrogen-bond acceptors (Lipinski definition) is 2. The summed E-state index contributed by atoms with van der Waals surface area (Å²) in [7, 11) is 0. The molecular formula is C17H26N2O. The highest BCUT2D eigenvalue weighted by Gasteiger charge is 2.27. The van der Waals surface area contributed by atoms with Crippen molar-refractivity contribution in [1.82, 2.24) is 0 Å². The molecule has 2 rings (SSSR count). The molecule has 0 bridgehead atoms. The van der Waals surface area contributed by atoms with Gasteiger partial charge in [0, 0.05) is 11.7 Å². The van der Waals surface area contributed by atoms with Crippen molar-refractivity contribution in [3.8, 4) is 0 Å². The number of hydrogen-bond donors (Lipinski definition) is 2. The molecule has 0 spiro atoms.